The van der Waals surface area contributed by atoms with Gasteiger partial charge in [0.1, 0.15) is 11.3 Å². The third kappa shape index (κ3) is 2.06. The number of hydrogen-bond acceptors (Lipinski definition) is 3. The van der Waals surface area contributed by atoms with E-state index in [9.17, 15) is 4.79 Å². The number of H-pyrrole nitrogens is 1. The Morgan fingerprint density at radius 2 is 2.00 bits per heavy atom. The number of carbonyl (C=O) groups excluding carboxylic acids is 1. The Balaban J connectivity index is 1.99. The van der Waals surface area contributed by atoms with E-state index < -0.39 is 0 Å². The van der Waals surface area contributed by atoms with E-state index in [0.29, 0.717) is 5.69 Å². The number of carbonyl (C=O) groups is 1. The maximum atomic E-state index is 11.4. The van der Waals surface area contributed by atoms with E-state index >= 15 is 0 Å². The van der Waals surface area contributed by atoms with E-state index in [0.717, 1.165) is 22.2 Å². The third-order valence-electron chi connectivity index (χ3n) is 2.96. The van der Waals surface area contributed by atoms with E-state index in [2.05, 4.69) is 20.3 Å². The highest BCUT2D eigenvalue weighted by Gasteiger charge is 2.06. The van der Waals surface area contributed by atoms with Crippen LogP contribution in [0.25, 0.3) is 22.2 Å². The Morgan fingerprint density at radius 3 is 2.74 bits per heavy atom. The number of rotatable bonds is 2. The first-order valence-electron chi connectivity index (χ1n) is 5.89. The second kappa shape index (κ2) is 4.53. The van der Waals surface area contributed by atoms with E-state index in [1.54, 1.807) is 25.5 Å². The van der Waals surface area contributed by atoms with Crippen LogP contribution in [0.1, 0.15) is 10.5 Å². The molecule has 0 aromatic carbocycles. The van der Waals surface area contributed by atoms with Crippen LogP contribution in [-0.4, -0.2) is 27.9 Å². The van der Waals surface area contributed by atoms with Crippen LogP contribution in [0.4, 0.5) is 0 Å². The molecule has 0 spiro atoms. The molecule has 0 saturated heterocycles. The van der Waals surface area contributed by atoms with E-state index in [-0.39, 0.29) is 5.91 Å². The maximum Gasteiger partial charge on any atom is 0.269 e. The zero-order valence-electron chi connectivity index (χ0n) is 10.3. The van der Waals surface area contributed by atoms with Crippen molar-refractivity contribution in [3.63, 3.8) is 0 Å². The zero-order valence-corrected chi connectivity index (χ0v) is 10.3. The van der Waals surface area contributed by atoms with Gasteiger partial charge in [0.25, 0.3) is 5.91 Å². The summed E-state index contributed by atoms with van der Waals surface area (Å²) in [5.41, 5.74) is 3.17. The minimum atomic E-state index is -0.189. The van der Waals surface area contributed by atoms with Gasteiger partial charge in [0.05, 0.1) is 0 Å². The van der Waals surface area contributed by atoms with Crippen LogP contribution < -0.4 is 5.32 Å². The predicted molar refractivity (Wildman–Crippen MR) is 72.7 cm³/mol. The molecule has 0 fully saturated rings. The normalized spacial score (nSPS) is 10.6. The second-order valence-electron chi connectivity index (χ2n) is 4.15. The molecule has 3 aromatic heterocycles. The summed E-state index contributed by atoms with van der Waals surface area (Å²) < 4.78 is 0. The van der Waals surface area contributed by atoms with Crippen LogP contribution >= 0.6 is 0 Å². The first kappa shape index (κ1) is 11.4. The molecule has 1 amide bonds. The van der Waals surface area contributed by atoms with Gasteiger partial charge in [0.15, 0.2) is 0 Å². The summed E-state index contributed by atoms with van der Waals surface area (Å²) in [7, 11) is 1.58. The van der Waals surface area contributed by atoms with Crippen molar-refractivity contribution in [3.05, 3.63) is 48.5 Å². The van der Waals surface area contributed by atoms with Crippen molar-refractivity contribution < 1.29 is 4.79 Å². The van der Waals surface area contributed by atoms with Gasteiger partial charge in [0, 0.05) is 42.2 Å². The second-order valence-corrected chi connectivity index (χ2v) is 4.15. The first-order chi connectivity index (χ1) is 9.28. The molecule has 0 unspecified atom stereocenters. The lowest BCUT2D eigenvalue weighted by atomic mass is 10.1. The molecule has 0 saturated carbocycles. The molecule has 3 aromatic rings. The van der Waals surface area contributed by atoms with Gasteiger partial charge in [0.2, 0.25) is 0 Å². The van der Waals surface area contributed by atoms with Crippen molar-refractivity contribution in [3.8, 4) is 11.1 Å². The van der Waals surface area contributed by atoms with Crippen LogP contribution in [0.3, 0.4) is 0 Å². The number of hydrogen-bond donors (Lipinski definition) is 2. The molecule has 2 N–H and O–H groups in total. The minimum Gasteiger partial charge on any atom is -0.354 e. The largest absolute Gasteiger partial charge is 0.354 e. The number of nitrogens with zero attached hydrogens (tertiary/aromatic N) is 2. The van der Waals surface area contributed by atoms with Crippen molar-refractivity contribution in [2.24, 2.45) is 0 Å². The van der Waals surface area contributed by atoms with Gasteiger partial charge in [-0.3, -0.25) is 9.78 Å². The van der Waals surface area contributed by atoms with Gasteiger partial charge in [-0.2, -0.15) is 0 Å². The summed E-state index contributed by atoms with van der Waals surface area (Å²) in [6.45, 7) is 0. The average Bonchev–Trinajstić information content (AvgIpc) is 2.94. The molecule has 0 aliphatic carbocycles. The molecule has 0 aliphatic heterocycles. The summed E-state index contributed by atoms with van der Waals surface area (Å²) >= 11 is 0. The zero-order chi connectivity index (χ0) is 13.2. The SMILES string of the molecule is CNC(=O)c1ccc(-c2cnc3[nH]ccc3c2)cn1. The number of aromatic nitrogens is 3. The molecule has 0 atom stereocenters. The minimum absolute atomic E-state index is 0.189. The highest BCUT2D eigenvalue weighted by atomic mass is 16.1. The van der Waals surface area contributed by atoms with E-state index in [4.69, 9.17) is 0 Å². The van der Waals surface area contributed by atoms with Crippen molar-refractivity contribution in [2.75, 3.05) is 7.05 Å². The van der Waals surface area contributed by atoms with Crippen molar-refractivity contribution in [2.45, 2.75) is 0 Å². The molecule has 3 heterocycles. The Labute approximate surface area is 109 Å². The van der Waals surface area contributed by atoms with Crippen LogP contribution in [0.2, 0.25) is 0 Å². The average molecular weight is 252 g/mol. The van der Waals surface area contributed by atoms with Gasteiger partial charge in [-0.25, -0.2) is 4.98 Å². The summed E-state index contributed by atoms with van der Waals surface area (Å²) in [4.78, 5) is 22.9. The first-order valence-corrected chi connectivity index (χ1v) is 5.89. The number of fused-ring (bicyclic) bond motifs is 1. The Hall–Kier alpha value is -2.69. The summed E-state index contributed by atoms with van der Waals surface area (Å²) in [6, 6.07) is 7.58. The summed E-state index contributed by atoms with van der Waals surface area (Å²) in [5, 5.41) is 3.59. The van der Waals surface area contributed by atoms with Gasteiger partial charge in [-0.05, 0) is 18.2 Å². The monoisotopic (exact) mass is 252 g/mol. The van der Waals surface area contributed by atoms with Crippen molar-refractivity contribution in [1.29, 1.82) is 0 Å². The van der Waals surface area contributed by atoms with E-state index in [1.165, 1.54) is 0 Å². The summed E-state index contributed by atoms with van der Waals surface area (Å²) in [6.07, 6.45) is 5.32. The fraction of sp³-hybridized carbons (Fsp3) is 0.0714. The predicted octanol–water partition coefficient (Wildman–Crippen LogP) is 1.98. The summed E-state index contributed by atoms with van der Waals surface area (Å²) in [5.74, 6) is -0.189. The lowest BCUT2D eigenvalue weighted by molar-refractivity contribution is 0.0958. The van der Waals surface area contributed by atoms with Crippen LogP contribution in [0, 0.1) is 0 Å². The van der Waals surface area contributed by atoms with Gasteiger partial charge in [-0.15, -0.1) is 0 Å². The molecule has 0 aliphatic rings. The van der Waals surface area contributed by atoms with Gasteiger partial charge in [-0.1, -0.05) is 6.07 Å². The number of pyridine rings is 2. The molecule has 19 heavy (non-hydrogen) atoms. The van der Waals surface area contributed by atoms with Crippen molar-refractivity contribution in [1.82, 2.24) is 20.3 Å². The molecular weight excluding hydrogens is 240 g/mol. The topological polar surface area (TPSA) is 70.7 Å². The maximum absolute atomic E-state index is 11.4. The van der Waals surface area contributed by atoms with Gasteiger partial charge < -0.3 is 10.3 Å². The Morgan fingerprint density at radius 1 is 1.16 bits per heavy atom. The standard InChI is InChI=1S/C14H12N4O/c1-15-14(19)12-3-2-10(7-17-12)11-6-9-4-5-16-13(9)18-8-11/h2-8H,1H3,(H,15,19)(H,16,18). The van der Waals surface area contributed by atoms with E-state index in [1.807, 2.05) is 24.4 Å². The fourth-order valence-electron chi connectivity index (χ4n) is 1.92. The molecular formula is C14H12N4O. The number of aromatic amines is 1. The Bertz CT molecular complexity index is 731. The smallest absolute Gasteiger partial charge is 0.269 e. The fourth-order valence-corrected chi connectivity index (χ4v) is 1.92. The van der Waals surface area contributed by atoms with Crippen LogP contribution in [-0.2, 0) is 0 Å². The molecule has 0 radical (unpaired) electrons. The molecule has 3 rings (SSSR count). The lowest BCUT2D eigenvalue weighted by Gasteiger charge is -2.03. The quantitative estimate of drug-likeness (QED) is 0.732. The highest BCUT2D eigenvalue weighted by Crippen LogP contribution is 2.21. The lowest BCUT2D eigenvalue weighted by Crippen LogP contribution is -2.18. The highest BCUT2D eigenvalue weighted by molar-refractivity contribution is 5.92. The van der Waals surface area contributed by atoms with Crippen LogP contribution in [0.15, 0.2) is 42.9 Å². The van der Waals surface area contributed by atoms with Gasteiger partial charge >= 0.3 is 0 Å². The molecule has 0 bridgehead atoms. The van der Waals surface area contributed by atoms with Crippen LogP contribution in [0.5, 0.6) is 0 Å². The molecule has 5 nitrogen and oxygen atoms in total. The van der Waals surface area contributed by atoms with Crippen molar-refractivity contribution >= 4 is 16.9 Å². The number of nitrogens with one attached hydrogen (secondary N) is 2. The third-order valence-corrected chi connectivity index (χ3v) is 2.96. The number of amides is 1. The molecule has 5 heteroatoms. The molecule has 94 valence electrons. The Kier molecular flexibility index (Phi) is 2.72.